The average molecular weight is 1220 g/mol. The quantitative estimate of drug-likeness (QED) is 0.0246. The molecule has 0 amide bonds. The molecule has 0 saturated carbocycles. The number of nitro groups is 1. The van der Waals surface area contributed by atoms with Crippen LogP contribution >= 0.6 is 0 Å². The molecule has 1 aromatic rings. The van der Waals surface area contributed by atoms with Crippen LogP contribution in [0, 0.1) is 10.1 Å². The number of nitrogens with one attached hydrogen (secondary N) is 1. The van der Waals surface area contributed by atoms with Crippen molar-refractivity contribution in [1.29, 1.82) is 0 Å². The number of nitro benzene ring substituents is 1. The Morgan fingerprint density at radius 1 is 0.506 bits per heavy atom. The van der Waals surface area contributed by atoms with Crippen molar-refractivity contribution in [3.63, 3.8) is 0 Å². The lowest BCUT2D eigenvalue weighted by Crippen LogP contribution is -2.67. The van der Waals surface area contributed by atoms with Gasteiger partial charge in [0, 0.05) is 18.7 Å². The molecule has 83 heavy (non-hydrogen) atoms. The average Bonchev–Trinajstić information content (AvgIpc) is 3.57. The van der Waals surface area contributed by atoms with Gasteiger partial charge in [-0.05, 0) is 17.7 Å². The topological polar surface area (TPSA) is 580 Å². The van der Waals surface area contributed by atoms with Crippen molar-refractivity contribution in [1.82, 2.24) is 5.48 Å². The second-order valence-electron chi connectivity index (χ2n) is 20.5. The van der Waals surface area contributed by atoms with Crippen LogP contribution in [0.2, 0.25) is 0 Å². The highest BCUT2D eigenvalue weighted by molar-refractivity contribution is 5.32. The summed E-state index contributed by atoms with van der Waals surface area (Å²) in [6, 6.07) is 5.20. The molecule has 6 aliphatic heterocycles. The molecule has 6 saturated heterocycles. The molecule has 1 aromatic carbocycles. The van der Waals surface area contributed by atoms with Crippen LogP contribution in [0.5, 0.6) is 0 Å². The highest BCUT2D eigenvalue weighted by Crippen LogP contribution is 2.35. The van der Waals surface area contributed by atoms with Crippen LogP contribution in [0.1, 0.15) is 5.56 Å². The van der Waals surface area contributed by atoms with E-state index in [0.717, 1.165) is 0 Å². The third-order valence-corrected chi connectivity index (χ3v) is 14.5. The summed E-state index contributed by atoms with van der Waals surface area (Å²) >= 11 is 0. The molecule has 6 aliphatic rings. The Hall–Kier alpha value is -2.74. The van der Waals surface area contributed by atoms with Crippen LogP contribution < -0.4 is 5.48 Å². The molecule has 7 rings (SSSR count). The van der Waals surface area contributed by atoms with Gasteiger partial charge in [-0.15, -0.1) is 0 Å². The molecule has 6 fully saturated rings. The summed E-state index contributed by atoms with van der Waals surface area (Å²) in [6.45, 7) is -6.20. The first-order valence-electron chi connectivity index (χ1n) is 26.1. The third-order valence-electron chi connectivity index (χ3n) is 14.5. The predicted octanol–water partition coefficient (Wildman–Crippen LogP) is -13.1. The molecule has 0 aromatic heterocycles. The number of non-ortho nitro benzene ring substituents is 1. The number of rotatable bonds is 25. The lowest BCUT2D eigenvalue weighted by atomic mass is 9.95. The van der Waals surface area contributed by atoms with E-state index in [9.17, 15) is 112 Å². The number of hydrogen-bond acceptors (Lipinski definition) is 36. The zero-order valence-corrected chi connectivity index (χ0v) is 43.6. The Balaban J connectivity index is 1.09. The van der Waals surface area contributed by atoms with Gasteiger partial charge in [0.25, 0.3) is 5.69 Å². The van der Waals surface area contributed by atoms with Crippen molar-refractivity contribution < 1.29 is 169 Å². The number of aliphatic hydroxyl groups excluding tert-OH is 20. The van der Waals surface area contributed by atoms with Gasteiger partial charge in [0.2, 0.25) is 0 Å². The van der Waals surface area contributed by atoms with Crippen molar-refractivity contribution >= 4 is 5.69 Å². The number of ether oxygens (including phenoxy) is 12. The highest BCUT2D eigenvalue weighted by atomic mass is 16.8. The minimum absolute atomic E-state index is 0.192. The van der Waals surface area contributed by atoms with Gasteiger partial charge in [-0.2, -0.15) is 5.48 Å². The maximum absolute atomic E-state index is 11.8. The zero-order valence-electron chi connectivity index (χ0n) is 43.6. The van der Waals surface area contributed by atoms with Gasteiger partial charge >= 0.3 is 0 Å². The van der Waals surface area contributed by atoms with Crippen molar-refractivity contribution in [2.45, 2.75) is 197 Å². The highest BCUT2D eigenvalue weighted by Gasteiger charge is 2.56. The summed E-state index contributed by atoms with van der Waals surface area (Å²) in [5, 5.41) is 226. The first-order valence-corrected chi connectivity index (χ1v) is 26.1. The van der Waals surface area contributed by atoms with E-state index < -0.39 is 248 Å². The Morgan fingerprint density at radius 2 is 0.904 bits per heavy atom. The van der Waals surface area contributed by atoms with E-state index in [1.165, 1.54) is 24.3 Å². The van der Waals surface area contributed by atoms with E-state index in [-0.39, 0.29) is 12.3 Å². The van der Waals surface area contributed by atoms with Gasteiger partial charge in [-0.1, -0.05) is 0 Å². The monoisotopic (exact) mass is 1210 g/mol. The molecule has 478 valence electrons. The smallest absolute Gasteiger partial charge is 0.269 e. The largest absolute Gasteiger partial charge is 0.394 e. The van der Waals surface area contributed by atoms with Crippen LogP contribution in [0.15, 0.2) is 24.3 Å². The van der Waals surface area contributed by atoms with Gasteiger partial charge in [-0.3, -0.25) is 15.0 Å². The Bertz CT molecular complexity index is 2120. The maximum atomic E-state index is 11.8. The standard InChI is InChI=1S/C46H74N2O35/c49-6-17(51)38(27(58)16(50)5-47-77-7-14-1-3-15(4-2-14)48(69)70)81-45-36(67)30(61)40(22(79-45)12-75-42-33(64)25(56)19(53)9-72-42)83-46-37(68)31(62)39(23(80-46)13-76-43-34(65)26(57)20(54)10-73-43)82-44-35(66)29(60)28(59)21(78-44)11-74-41-32(63)24(55)18(52)8-71-41/h1-4,16-47,49-68H,5-13H2/t16-,17+,18+,19+,20+,21+,22+,23+,24-,25-,26-,27+,28+,29-,30+,31+,32+,33+,34+,35+,36+,37+,38+,39+,40+,41+,42+,43+,44-,45-,46-/m0/s1. The van der Waals surface area contributed by atoms with Gasteiger partial charge < -0.3 is 159 Å². The minimum Gasteiger partial charge on any atom is -0.394 e. The van der Waals surface area contributed by atoms with Crippen LogP contribution in [0.25, 0.3) is 0 Å². The number of aliphatic hydroxyl groups is 20. The van der Waals surface area contributed by atoms with Crippen LogP contribution in [-0.2, 0) is 68.3 Å². The number of benzene rings is 1. The third kappa shape index (κ3) is 16.3. The summed E-state index contributed by atoms with van der Waals surface area (Å²) in [5.74, 6) is 0. The van der Waals surface area contributed by atoms with E-state index in [2.05, 4.69) is 5.48 Å². The fraction of sp³-hybridized carbons (Fsp3) is 0.870. The second kappa shape index (κ2) is 30.5. The molecule has 0 aliphatic carbocycles. The van der Waals surface area contributed by atoms with E-state index in [1.54, 1.807) is 0 Å². The molecule has 0 spiro atoms. The molecule has 0 bridgehead atoms. The first kappa shape index (κ1) is 67.8. The molecule has 6 heterocycles. The normalized spacial score (nSPS) is 44.2. The number of hydroxylamine groups is 1. The molecular formula is C46H74N2O35. The molecule has 37 nitrogen and oxygen atoms in total. The van der Waals surface area contributed by atoms with Gasteiger partial charge in [-0.25, -0.2) is 0 Å². The maximum Gasteiger partial charge on any atom is 0.269 e. The van der Waals surface area contributed by atoms with Crippen LogP contribution in [-0.4, -0.2) is 350 Å². The summed E-state index contributed by atoms with van der Waals surface area (Å²) in [7, 11) is 0. The summed E-state index contributed by atoms with van der Waals surface area (Å²) in [4.78, 5) is 15.6. The number of hydrogen-bond donors (Lipinski definition) is 21. The van der Waals surface area contributed by atoms with E-state index in [0.29, 0.717) is 5.56 Å². The molecular weight excluding hydrogens is 1140 g/mol. The van der Waals surface area contributed by atoms with Gasteiger partial charge in [0.05, 0.1) is 63.9 Å². The zero-order chi connectivity index (χ0) is 60.7. The Kier molecular flexibility index (Phi) is 24.9. The fourth-order valence-corrected chi connectivity index (χ4v) is 9.45. The molecule has 31 atom stereocenters. The molecule has 0 unspecified atom stereocenters. The van der Waals surface area contributed by atoms with E-state index in [1.807, 2.05) is 0 Å². The Labute approximate surface area is 469 Å². The summed E-state index contributed by atoms with van der Waals surface area (Å²) in [5.41, 5.74) is 2.61. The summed E-state index contributed by atoms with van der Waals surface area (Å²) in [6.07, 6.45) is -60.6. The van der Waals surface area contributed by atoms with Crippen molar-refractivity contribution in [3.05, 3.63) is 39.9 Å². The molecule has 21 N–H and O–H groups in total. The minimum atomic E-state index is -2.35. The predicted molar refractivity (Wildman–Crippen MR) is 255 cm³/mol. The summed E-state index contributed by atoms with van der Waals surface area (Å²) < 4.78 is 67.8. The van der Waals surface area contributed by atoms with Crippen molar-refractivity contribution in [2.24, 2.45) is 0 Å². The lowest BCUT2D eigenvalue weighted by Gasteiger charge is -2.49. The number of nitrogens with zero attached hydrogens (tertiary/aromatic N) is 1. The Morgan fingerprint density at radius 3 is 1.35 bits per heavy atom. The molecule has 37 heteroatoms. The second-order valence-corrected chi connectivity index (χ2v) is 20.5. The van der Waals surface area contributed by atoms with E-state index in [4.69, 9.17) is 61.7 Å². The molecule has 0 radical (unpaired) electrons. The van der Waals surface area contributed by atoms with Crippen LogP contribution in [0.4, 0.5) is 5.69 Å². The van der Waals surface area contributed by atoms with E-state index >= 15 is 0 Å². The van der Waals surface area contributed by atoms with Gasteiger partial charge in [0.1, 0.15) is 146 Å². The van der Waals surface area contributed by atoms with Crippen molar-refractivity contribution in [3.8, 4) is 0 Å². The van der Waals surface area contributed by atoms with Crippen molar-refractivity contribution in [2.75, 3.05) is 52.8 Å². The van der Waals surface area contributed by atoms with Gasteiger partial charge in [0.15, 0.2) is 37.7 Å². The van der Waals surface area contributed by atoms with Crippen LogP contribution in [0.3, 0.4) is 0 Å². The SMILES string of the molecule is O=[N+]([O-])c1ccc(CONC[C@H](O)[C@@H](O)[C@H](O[C@@H]2O[C@H](CO[C@H]3OC[C@@H](O)[C@H](O)[C@H]3O)[C@@H](O[C@@H]3O[C@H](CO[C@H]4OC[C@@H](O)[C@H](O)[C@H]4O)[C@@H](O[C@@H]4O[C@H](CO[C@H]5OC[C@@H](O)[C@H](O)[C@H]5O)[C@@H](O)[C@H](O)[C@H]4O)[C@H](O)[C@H]3O)[C@H](O)[C@H]2O)[C@H](O)CO)cc1. The lowest BCUT2D eigenvalue weighted by molar-refractivity contribution is -0.390. The first-order chi connectivity index (χ1) is 39.3. The fourth-order valence-electron chi connectivity index (χ4n) is 9.45.